The highest BCUT2D eigenvalue weighted by molar-refractivity contribution is 6.68. The molecule has 3 rings (SSSR count). The predicted molar refractivity (Wildman–Crippen MR) is 85.5 cm³/mol. The zero-order valence-corrected chi connectivity index (χ0v) is 11.9. The van der Waals surface area contributed by atoms with Crippen LogP contribution in [-0.2, 0) is 4.79 Å². The Kier molecular flexibility index (Phi) is 4.93. The van der Waals surface area contributed by atoms with E-state index in [9.17, 15) is 9.59 Å². The molecule has 5 heteroatoms. The van der Waals surface area contributed by atoms with Crippen molar-refractivity contribution in [3.63, 3.8) is 0 Å². The highest BCUT2D eigenvalue weighted by Crippen LogP contribution is 2.17. The van der Waals surface area contributed by atoms with Crippen molar-refractivity contribution < 1.29 is 14.7 Å². The van der Waals surface area contributed by atoms with Crippen LogP contribution in [0.1, 0.15) is 6.92 Å². The molecule has 0 atom stereocenters. The Morgan fingerprint density at radius 3 is 1.59 bits per heavy atom. The molecule has 1 aliphatic rings. The van der Waals surface area contributed by atoms with E-state index in [2.05, 4.69) is 58.5 Å². The minimum atomic E-state index is -1.22. The number of carbonyl (C=O) groups is 2. The zero-order valence-electron chi connectivity index (χ0n) is 11.9. The second-order valence-electron chi connectivity index (χ2n) is 4.48. The molecule has 1 N–H and O–H groups in total. The van der Waals surface area contributed by atoms with Gasteiger partial charge in [0.25, 0.3) is 0 Å². The predicted octanol–water partition coefficient (Wildman–Crippen LogP) is 3.46. The van der Waals surface area contributed by atoms with Gasteiger partial charge in [-0.15, -0.1) is 0 Å². The van der Waals surface area contributed by atoms with E-state index in [1.807, 2.05) is 12.1 Å². The van der Waals surface area contributed by atoms with E-state index >= 15 is 0 Å². The maximum absolute atomic E-state index is 10.3. The average Bonchev–Trinajstić information content (AvgIpc) is 2.89. The number of carboxylic acids is 1. The minimum absolute atomic E-state index is 0.164. The molecule has 5 nitrogen and oxygen atoms in total. The highest BCUT2D eigenvalue weighted by Gasteiger charge is 2.20. The van der Waals surface area contributed by atoms with Crippen molar-refractivity contribution in [2.24, 2.45) is 9.98 Å². The summed E-state index contributed by atoms with van der Waals surface area (Å²) in [5.74, 6) is -1.22. The van der Waals surface area contributed by atoms with Gasteiger partial charge in [0.2, 0.25) is 0 Å². The van der Waals surface area contributed by atoms with Crippen LogP contribution in [0.15, 0.2) is 70.6 Å². The van der Waals surface area contributed by atoms with Crippen LogP contribution < -0.4 is 0 Å². The first kappa shape index (κ1) is 15.3. The number of aliphatic imine (C=N–C) groups is 2. The molecule has 2 aromatic carbocycles. The molecule has 1 aliphatic heterocycles. The number of amides is 2. The molecule has 0 aliphatic carbocycles. The third-order valence-corrected chi connectivity index (χ3v) is 2.90. The molecular weight excluding hydrogens is 280 g/mol. The van der Waals surface area contributed by atoms with Gasteiger partial charge in [0, 0.05) is 0 Å². The summed E-state index contributed by atoms with van der Waals surface area (Å²) >= 11 is 0. The normalized spacial score (nSPS) is 12.9. The third-order valence-electron chi connectivity index (χ3n) is 2.90. The number of hydrogen-bond donors (Lipinski definition) is 1. The Morgan fingerprint density at radius 1 is 0.864 bits per heavy atom. The van der Waals surface area contributed by atoms with Crippen LogP contribution in [0.2, 0.25) is 0 Å². The summed E-state index contributed by atoms with van der Waals surface area (Å²) < 4.78 is 0. The summed E-state index contributed by atoms with van der Waals surface area (Å²) in [4.78, 5) is 27.0. The van der Waals surface area contributed by atoms with Gasteiger partial charge in [-0.05, 0) is 18.1 Å². The van der Waals surface area contributed by atoms with Gasteiger partial charge in [0.1, 0.15) is 0 Å². The second-order valence-corrected chi connectivity index (χ2v) is 4.48. The SMILES string of the molecule is CC1=NC(=O)N=C1C(=O)O.c1ccc(-c2ccccc2)cc1. The van der Waals surface area contributed by atoms with Crippen molar-refractivity contribution in [1.29, 1.82) is 0 Å². The van der Waals surface area contributed by atoms with Crippen LogP contribution in [0, 0.1) is 0 Å². The van der Waals surface area contributed by atoms with Gasteiger partial charge in [0.15, 0.2) is 5.71 Å². The Hall–Kier alpha value is -3.08. The second kappa shape index (κ2) is 7.08. The summed E-state index contributed by atoms with van der Waals surface area (Å²) in [6.45, 7) is 1.43. The molecule has 0 radical (unpaired) electrons. The van der Waals surface area contributed by atoms with Gasteiger partial charge < -0.3 is 5.11 Å². The van der Waals surface area contributed by atoms with E-state index in [4.69, 9.17) is 5.11 Å². The summed E-state index contributed by atoms with van der Waals surface area (Å²) in [6.07, 6.45) is 0. The Labute approximate surface area is 127 Å². The fraction of sp³-hybridized carbons (Fsp3) is 0.0588. The van der Waals surface area contributed by atoms with Gasteiger partial charge in [-0.1, -0.05) is 60.7 Å². The fourth-order valence-corrected chi connectivity index (χ4v) is 1.86. The number of carboxylic acid groups (broad SMARTS) is 1. The molecule has 0 saturated heterocycles. The van der Waals surface area contributed by atoms with E-state index in [1.165, 1.54) is 18.1 Å². The molecule has 0 spiro atoms. The quantitative estimate of drug-likeness (QED) is 0.921. The number of benzene rings is 2. The maximum atomic E-state index is 10.3. The van der Waals surface area contributed by atoms with Crippen molar-refractivity contribution in [2.45, 2.75) is 6.92 Å². The highest BCUT2D eigenvalue weighted by atomic mass is 16.4. The van der Waals surface area contributed by atoms with Crippen LogP contribution in [0.3, 0.4) is 0 Å². The standard InChI is InChI=1S/C12H10.C5H4N2O3/c1-3-7-11(8-4-1)12-9-5-2-6-10-12;1-2-3(4(8)9)7-5(10)6-2/h1-10H;1H3,(H,8,9). The molecule has 0 unspecified atom stereocenters. The minimum Gasteiger partial charge on any atom is -0.476 e. The Morgan fingerprint density at radius 2 is 1.32 bits per heavy atom. The first-order valence-corrected chi connectivity index (χ1v) is 6.60. The number of nitrogens with zero attached hydrogens (tertiary/aromatic N) is 2. The lowest BCUT2D eigenvalue weighted by Gasteiger charge is -1.98. The summed E-state index contributed by atoms with van der Waals surface area (Å²) in [5, 5.41) is 8.34. The maximum Gasteiger partial charge on any atom is 0.368 e. The first-order valence-electron chi connectivity index (χ1n) is 6.60. The first-order chi connectivity index (χ1) is 10.6. The Bertz CT molecular complexity index is 698. The lowest BCUT2D eigenvalue weighted by atomic mass is 10.1. The lowest BCUT2D eigenvalue weighted by molar-refractivity contribution is -0.129. The van der Waals surface area contributed by atoms with E-state index in [0.29, 0.717) is 0 Å². The van der Waals surface area contributed by atoms with Crippen LogP contribution >= 0.6 is 0 Å². The third kappa shape index (κ3) is 3.96. The topological polar surface area (TPSA) is 79.1 Å². The number of rotatable bonds is 2. The van der Waals surface area contributed by atoms with Crippen molar-refractivity contribution in [3.05, 3.63) is 60.7 Å². The zero-order chi connectivity index (χ0) is 15.9. The van der Waals surface area contributed by atoms with Crippen LogP contribution in [0.4, 0.5) is 4.79 Å². The van der Waals surface area contributed by atoms with Crippen molar-refractivity contribution >= 4 is 23.4 Å². The molecule has 0 bridgehead atoms. The van der Waals surface area contributed by atoms with Gasteiger partial charge >= 0.3 is 12.0 Å². The molecule has 0 aromatic heterocycles. The van der Waals surface area contributed by atoms with E-state index < -0.39 is 12.0 Å². The number of carbonyl (C=O) groups excluding carboxylic acids is 1. The van der Waals surface area contributed by atoms with Crippen LogP contribution in [0.5, 0.6) is 0 Å². The lowest BCUT2D eigenvalue weighted by Crippen LogP contribution is -2.18. The van der Waals surface area contributed by atoms with Crippen molar-refractivity contribution in [1.82, 2.24) is 0 Å². The summed E-state index contributed by atoms with van der Waals surface area (Å²) in [7, 11) is 0. The number of urea groups is 1. The van der Waals surface area contributed by atoms with Gasteiger partial charge in [-0.3, -0.25) is 0 Å². The molecule has 0 saturated carbocycles. The van der Waals surface area contributed by atoms with Crippen molar-refractivity contribution in [3.8, 4) is 11.1 Å². The van der Waals surface area contributed by atoms with E-state index in [-0.39, 0.29) is 11.4 Å². The van der Waals surface area contributed by atoms with Gasteiger partial charge in [0.05, 0.1) is 5.71 Å². The summed E-state index contributed by atoms with van der Waals surface area (Å²) in [5.41, 5.74) is 2.46. The van der Waals surface area contributed by atoms with Crippen LogP contribution in [-0.4, -0.2) is 28.5 Å². The van der Waals surface area contributed by atoms with Crippen LogP contribution in [0.25, 0.3) is 11.1 Å². The van der Waals surface area contributed by atoms with Gasteiger partial charge in [-0.25, -0.2) is 9.59 Å². The smallest absolute Gasteiger partial charge is 0.368 e. The molecule has 0 fully saturated rings. The largest absolute Gasteiger partial charge is 0.476 e. The Balaban J connectivity index is 0.000000164. The summed E-state index contributed by atoms with van der Waals surface area (Å²) in [6, 6.07) is 20.0. The molecule has 2 amide bonds. The number of aliphatic carboxylic acids is 1. The number of hydrogen-bond acceptors (Lipinski definition) is 2. The fourth-order valence-electron chi connectivity index (χ4n) is 1.86. The monoisotopic (exact) mass is 294 g/mol. The molecular formula is C17H14N2O3. The molecule has 22 heavy (non-hydrogen) atoms. The molecule has 110 valence electrons. The average molecular weight is 294 g/mol. The molecule has 1 heterocycles. The van der Waals surface area contributed by atoms with Gasteiger partial charge in [-0.2, -0.15) is 9.98 Å². The van der Waals surface area contributed by atoms with E-state index in [0.717, 1.165) is 0 Å². The van der Waals surface area contributed by atoms with E-state index in [1.54, 1.807) is 0 Å². The molecule has 2 aromatic rings. The van der Waals surface area contributed by atoms with Crippen molar-refractivity contribution in [2.75, 3.05) is 0 Å².